The molecule has 0 atom stereocenters. The SMILES string of the molecule is Cc1cc(C)cc(CC(=O)c2cc(C)ccc2C)c1. The van der Waals surface area contributed by atoms with Gasteiger partial charge in [0.05, 0.1) is 0 Å². The minimum Gasteiger partial charge on any atom is -0.294 e. The number of hydrogen-bond donors (Lipinski definition) is 0. The Morgan fingerprint density at radius 2 is 1.47 bits per heavy atom. The van der Waals surface area contributed by atoms with Gasteiger partial charge in [0.15, 0.2) is 5.78 Å². The molecular formula is C18H20O. The van der Waals surface area contributed by atoms with Crippen LogP contribution in [-0.4, -0.2) is 5.78 Å². The van der Waals surface area contributed by atoms with Crippen molar-refractivity contribution >= 4 is 5.78 Å². The third-order valence-corrected chi connectivity index (χ3v) is 3.34. The van der Waals surface area contributed by atoms with Crippen LogP contribution < -0.4 is 0 Å². The molecule has 98 valence electrons. The Morgan fingerprint density at radius 1 is 0.842 bits per heavy atom. The monoisotopic (exact) mass is 252 g/mol. The van der Waals surface area contributed by atoms with Gasteiger partial charge in [0.2, 0.25) is 0 Å². The van der Waals surface area contributed by atoms with E-state index in [0.29, 0.717) is 6.42 Å². The van der Waals surface area contributed by atoms with E-state index in [2.05, 4.69) is 32.0 Å². The minimum absolute atomic E-state index is 0.200. The first-order chi connectivity index (χ1) is 8.95. The van der Waals surface area contributed by atoms with E-state index in [4.69, 9.17) is 0 Å². The molecule has 2 aromatic carbocycles. The smallest absolute Gasteiger partial charge is 0.167 e. The number of hydrogen-bond acceptors (Lipinski definition) is 1. The predicted molar refractivity (Wildman–Crippen MR) is 79.9 cm³/mol. The van der Waals surface area contributed by atoms with Crippen molar-refractivity contribution in [2.75, 3.05) is 0 Å². The topological polar surface area (TPSA) is 17.1 Å². The number of aryl methyl sites for hydroxylation is 4. The molecule has 0 bridgehead atoms. The standard InChI is InChI=1S/C18H20O/c1-12-5-6-15(4)17(10-12)18(19)11-16-8-13(2)7-14(3)9-16/h5-10H,11H2,1-4H3. The van der Waals surface area contributed by atoms with Crippen LogP contribution in [0.4, 0.5) is 0 Å². The number of Topliss-reactive ketones (excluding diaryl/α,β-unsaturated/α-hetero) is 1. The van der Waals surface area contributed by atoms with Crippen molar-refractivity contribution in [3.8, 4) is 0 Å². The van der Waals surface area contributed by atoms with Crippen LogP contribution in [0.5, 0.6) is 0 Å². The summed E-state index contributed by atoms with van der Waals surface area (Å²) in [5.74, 6) is 0.200. The molecule has 0 fully saturated rings. The van der Waals surface area contributed by atoms with Gasteiger partial charge in [-0.15, -0.1) is 0 Å². The summed E-state index contributed by atoms with van der Waals surface area (Å²) < 4.78 is 0. The zero-order valence-electron chi connectivity index (χ0n) is 12.1. The molecule has 1 nitrogen and oxygen atoms in total. The second kappa shape index (κ2) is 5.40. The van der Waals surface area contributed by atoms with E-state index in [9.17, 15) is 4.79 Å². The van der Waals surface area contributed by atoms with Crippen LogP contribution in [0.25, 0.3) is 0 Å². The minimum atomic E-state index is 0.200. The number of carbonyl (C=O) groups is 1. The Bertz CT molecular complexity index is 603. The Morgan fingerprint density at radius 3 is 2.11 bits per heavy atom. The lowest BCUT2D eigenvalue weighted by Crippen LogP contribution is -2.06. The third kappa shape index (κ3) is 3.31. The Hall–Kier alpha value is -1.89. The van der Waals surface area contributed by atoms with Gasteiger partial charge in [-0.2, -0.15) is 0 Å². The first-order valence-corrected chi connectivity index (χ1v) is 6.63. The van der Waals surface area contributed by atoms with E-state index in [-0.39, 0.29) is 5.78 Å². The number of rotatable bonds is 3. The van der Waals surface area contributed by atoms with Crippen LogP contribution in [0.15, 0.2) is 36.4 Å². The van der Waals surface area contributed by atoms with Crippen LogP contribution in [0.2, 0.25) is 0 Å². The normalized spacial score (nSPS) is 10.5. The summed E-state index contributed by atoms with van der Waals surface area (Å²) in [5.41, 5.74) is 6.56. The molecule has 1 heteroatoms. The largest absolute Gasteiger partial charge is 0.294 e. The molecule has 0 aliphatic rings. The van der Waals surface area contributed by atoms with Crippen LogP contribution >= 0.6 is 0 Å². The van der Waals surface area contributed by atoms with Crippen LogP contribution in [0, 0.1) is 27.7 Å². The number of carbonyl (C=O) groups excluding carboxylic acids is 1. The fourth-order valence-electron chi connectivity index (χ4n) is 2.49. The molecule has 0 amide bonds. The fourth-order valence-corrected chi connectivity index (χ4v) is 2.49. The van der Waals surface area contributed by atoms with Crippen LogP contribution in [-0.2, 0) is 6.42 Å². The zero-order chi connectivity index (χ0) is 14.0. The van der Waals surface area contributed by atoms with Gasteiger partial charge in [-0.1, -0.05) is 47.0 Å². The lowest BCUT2D eigenvalue weighted by Gasteiger charge is -2.08. The van der Waals surface area contributed by atoms with Gasteiger partial charge in [-0.25, -0.2) is 0 Å². The molecule has 2 rings (SSSR count). The number of ketones is 1. The van der Waals surface area contributed by atoms with Gasteiger partial charge in [-0.05, 0) is 44.9 Å². The van der Waals surface area contributed by atoms with E-state index < -0.39 is 0 Å². The van der Waals surface area contributed by atoms with Crippen LogP contribution in [0.3, 0.4) is 0 Å². The molecule has 0 N–H and O–H groups in total. The van der Waals surface area contributed by atoms with Crippen molar-refractivity contribution in [1.82, 2.24) is 0 Å². The van der Waals surface area contributed by atoms with Gasteiger partial charge in [0.25, 0.3) is 0 Å². The van der Waals surface area contributed by atoms with E-state index >= 15 is 0 Å². The molecule has 0 saturated heterocycles. The summed E-state index contributed by atoms with van der Waals surface area (Å²) in [6.07, 6.45) is 0.479. The molecule has 0 aliphatic carbocycles. The zero-order valence-corrected chi connectivity index (χ0v) is 12.1. The Labute approximate surface area is 115 Å². The van der Waals surface area contributed by atoms with E-state index in [1.54, 1.807) is 0 Å². The highest BCUT2D eigenvalue weighted by molar-refractivity contribution is 5.99. The lowest BCUT2D eigenvalue weighted by atomic mass is 9.96. The van der Waals surface area contributed by atoms with E-state index in [1.165, 1.54) is 11.1 Å². The molecule has 0 radical (unpaired) electrons. The Kier molecular flexibility index (Phi) is 3.84. The number of benzene rings is 2. The second-order valence-corrected chi connectivity index (χ2v) is 5.41. The molecule has 0 heterocycles. The van der Waals surface area contributed by atoms with Gasteiger partial charge in [0, 0.05) is 12.0 Å². The third-order valence-electron chi connectivity index (χ3n) is 3.34. The van der Waals surface area contributed by atoms with E-state index in [1.807, 2.05) is 32.0 Å². The Balaban J connectivity index is 2.28. The molecule has 2 aromatic rings. The van der Waals surface area contributed by atoms with Gasteiger partial charge >= 0.3 is 0 Å². The molecule has 19 heavy (non-hydrogen) atoms. The molecule has 0 spiro atoms. The van der Waals surface area contributed by atoms with Crippen molar-refractivity contribution in [3.63, 3.8) is 0 Å². The highest BCUT2D eigenvalue weighted by Crippen LogP contribution is 2.16. The van der Waals surface area contributed by atoms with Crippen molar-refractivity contribution in [2.24, 2.45) is 0 Å². The van der Waals surface area contributed by atoms with Gasteiger partial charge in [0.1, 0.15) is 0 Å². The summed E-state index contributed by atoms with van der Waals surface area (Å²) in [4.78, 5) is 12.4. The molecular weight excluding hydrogens is 232 g/mol. The highest BCUT2D eigenvalue weighted by atomic mass is 16.1. The average Bonchev–Trinajstić information content (AvgIpc) is 2.30. The van der Waals surface area contributed by atoms with E-state index in [0.717, 1.165) is 22.3 Å². The highest BCUT2D eigenvalue weighted by Gasteiger charge is 2.10. The maximum Gasteiger partial charge on any atom is 0.167 e. The van der Waals surface area contributed by atoms with Gasteiger partial charge < -0.3 is 0 Å². The molecule has 0 unspecified atom stereocenters. The summed E-state index contributed by atoms with van der Waals surface area (Å²) in [6.45, 7) is 8.15. The average molecular weight is 252 g/mol. The van der Waals surface area contributed by atoms with Gasteiger partial charge in [-0.3, -0.25) is 4.79 Å². The molecule has 0 saturated carbocycles. The maximum atomic E-state index is 12.4. The summed E-state index contributed by atoms with van der Waals surface area (Å²) >= 11 is 0. The van der Waals surface area contributed by atoms with Crippen LogP contribution in [0.1, 0.15) is 38.2 Å². The maximum absolute atomic E-state index is 12.4. The summed E-state index contributed by atoms with van der Waals surface area (Å²) in [7, 11) is 0. The summed E-state index contributed by atoms with van der Waals surface area (Å²) in [5, 5.41) is 0. The fraction of sp³-hybridized carbons (Fsp3) is 0.278. The predicted octanol–water partition coefficient (Wildman–Crippen LogP) is 4.35. The first kappa shape index (κ1) is 13.5. The summed E-state index contributed by atoms with van der Waals surface area (Å²) in [6, 6.07) is 12.4. The molecule has 0 aromatic heterocycles. The second-order valence-electron chi connectivity index (χ2n) is 5.41. The van der Waals surface area contributed by atoms with Crippen molar-refractivity contribution in [3.05, 3.63) is 69.8 Å². The quantitative estimate of drug-likeness (QED) is 0.742. The van der Waals surface area contributed by atoms with Crippen molar-refractivity contribution < 1.29 is 4.79 Å². The lowest BCUT2D eigenvalue weighted by molar-refractivity contribution is 0.0992. The van der Waals surface area contributed by atoms with Crippen molar-refractivity contribution in [2.45, 2.75) is 34.1 Å². The van der Waals surface area contributed by atoms with Crippen molar-refractivity contribution in [1.29, 1.82) is 0 Å². The first-order valence-electron chi connectivity index (χ1n) is 6.63. The molecule has 0 aliphatic heterocycles.